The van der Waals surface area contributed by atoms with Crippen LogP contribution in [0.25, 0.3) is 0 Å². The molecule has 4 amide bonds. The summed E-state index contributed by atoms with van der Waals surface area (Å²) in [5.41, 5.74) is 3.36. The smallest absolute Gasteiger partial charge is 0.307 e. The molecule has 0 atom stereocenters. The number of sulfonamides is 1. The van der Waals surface area contributed by atoms with Crippen LogP contribution in [0.4, 0.5) is 15.3 Å². The minimum absolute atomic E-state index is 0.00211. The highest BCUT2D eigenvalue weighted by atomic mass is 32.2. The van der Waals surface area contributed by atoms with Crippen LogP contribution in [0, 0.1) is 20.8 Å². The van der Waals surface area contributed by atoms with Gasteiger partial charge in [0.25, 0.3) is 10.0 Å². The summed E-state index contributed by atoms with van der Waals surface area (Å²) in [6.45, 7) is 7.64. The van der Waals surface area contributed by atoms with E-state index in [1.54, 1.807) is 18.2 Å². The number of anilines is 1. The number of benzene rings is 2. The first kappa shape index (κ1) is 23.4. The van der Waals surface area contributed by atoms with E-state index in [9.17, 15) is 18.0 Å². The van der Waals surface area contributed by atoms with Gasteiger partial charge in [-0.2, -0.15) is 0 Å². The van der Waals surface area contributed by atoms with Crippen LogP contribution in [0.2, 0.25) is 0 Å². The van der Waals surface area contributed by atoms with E-state index in [1.807, 2.05) is 39.8 Å². The van der Waals surface area contributed by atoms with Gasteiger partial charge in [-0.1, -0.05) is 55.7 Å². The number of aryl methyl sites for hydroxylation is 3. The van der Waals surface area contributed by atoms with Gasteiger partial charge >= 0.3 is 12.1 Å². The molecule has 0 aliphatic heterocycles. The van der Waals surface area contributed by atoms with Crippen LogP contribution >= 0.6 is 0 Å². The molecule has 8 heteroatoms. The molecule has 2 N–H and O–H groups in total. The number of imide groups is 1. The van der Waals surface area contributed by atoms with Crippen molar-refractivity contribution in [3.8, 4) is 0 Å². The molecule has 7 nitrogen and oxygen atoms in total. The van der Waals surface area contributed by atoms with Crippen molar-refractivity contribution in [2.45, 2.75) is 51.9 Å². The molecule has 2 aromatic carbocycles. The van der Waals surface area contributed by atoms with Crippen LogP contribution in [-0.2, 0) is 10.0 Å². The number of hydrogen-bond donors (Lipinski definition) is 2. The average molecular weight is 432 g/mol. The van der Waals surface area contributed by atoms with Crippen LogP contribution in [0.5, 0.6) is 0 Å². The lowest BCUT2D eigenvalue weighted by Crippen LogP contribution is -2.47. The van der Waals surface area contributed by atoms with Crippen molar-refractivity contribution in [1.29, 1.82) is 0 Å². The fourth-order valence-corrected chi connectivity index (χ4v) is 4.63. The standard InChI is InChI=1S/C22H29N3O4S/c1-5-6-10-13-25(30(28,29)19-11-8-7-9-12-19)22(27)24-21(26)23-20-17(3)14-16(2)15-18(20)4/h7-9,11-12,14-15H,5-6,10,13H2,1-4H3,(H2,23,24,26,27). The monoisotopic (exact) mass is 431 g/mol. The molecule has 30 heavy (non-hydrogen) atoms. The second kappa shape index (κ2) is 10.2. The van der Waals surface area contributed by atoms with E-state index < -0.39 is 22.1 Å². The van der Waals surface area contributed by atoms with Gasteiger partial charge in [-0.15, -0.1) is 0 Å². The predicted octanol–water partition coefficient (Wildman–Crippen LogP) is 4.73. The molecule has 2 rings (SSSR count). The molecule has 0 aliphatic rings. The molecule has 0 spiro atoms. The number of hydrogen-bond acceptors (Lipinski definition) is 4. The number of nitrogens with one attached hydrogen (secondary N) is 2. The molecular formula is C22H29N3O4S. The summed E-state index contributed by atoms with van der Waals surface area (Å²) in [7, 11) is -4.08. The minimum atomic E-state index is -4.08. The lowest BCUT2D eigenvalue weighted by atomic mass is 10.1. The second-order valence-corrected chi connectivity index (χ2v) is 9.12. The minimum Gasteiger partial charge on any atom is -0.307 e. The highest BCUT2D eigenvalue weighted by Gasteiger charge is 2.30. The predicted molar refractivity (Wildman–Crippen MR) is 118 cm³/mol. The summed E-state index contributed by atoms with van der Waals surface area (Å²) < 4.78 is 26.7. The molecule has 0 radical (unpaired) electrons. The summed E-state index contributed by atoms with van der Waals surface area (Å²) in [6, 6.07) is 9.80. The third-order valence-corrected chi connectivity index (χ3v) is 6.46. The van der Waals surface area contributed by atoms with Gasteiger partial charge < -0.3 is 5.32 Å². The first-order chi connectivity index (χ1) is 14.2. The Kier molecular flexibility index (Phi) is 8.00. The van der Waals surface area contributed by atoms with E-state index in [1.165, 1.54) is 12.1 Å². The molecule has 0 fully saturated rings. The Morgan fingerprint density at radius 2 is 1.57 bits per heavy atom. The van der Waals surface area contributed by atoms with Crippen molar-refractivity contribution in [1.82, 2.24) is 9.62 Å². The van der Waals surface area contributed by atoms with Gasteiger partial charge in [0.1, 0.15) is 0 Å². The van der Waals surface area contributed by atoms with Gasteiger partial charge in [0.05, 0.1) is 4.90 Å². The average Bonchev–Trinajstić information content (AvgIpc) is 2.68. The molecule has 0 unspecified atom stereocenters. The number of unbranched alkanes of at least 4 members (excludes halogenated alkanes) is 2. The summed E-state index contributed by atoms with van der Waals surface area (Å²) in [6.07, 6.45) is 2.14. The number of rotatable bonds is 7. The van der Waals surface area contributed by atoms with E-state index >= 15 is 0 Å². The normalized spacial score (nSPS) is 11.1. The molecule has 0 saturated heterocycles. The Morgan fingerprint density at radius 3 is 2.13 bits per heavy atom. The lowest BCUT2D eigenvalue weighted by molar-refractivity contribution is 0.218. The van der Waals surface area contributed by atoms with E-state index in [2.05, 4.69) is 10.6 Å². The molecule has 0 saturated carbocycles. The van der Waals surface area contributed by atoms with Crippen molar-refractivity contribution in [3.63, 3.8) is 0 Å². The second-order valence-electron chi connectivity index (χ2n) is 7.26. The van der Waals surface area contributed by atoms with Crippen molar-refractivity contribution < 1.29 is 18.0 Å². The van der Waals surface area contributed by atoms with Crippen molar-refractivity contribution in [2.75, 3.05) is 11.9 Å². The molecule has 0 bridgehead atoms. The Labute approximate surface area is 178 Å². The van der Waals surface area contributed by atoms with E-state index in [4.69, 9.17) is 0 Å². The fourth-order valence-electron chi connectivity index (χ4n) is 3.24. The van der Waals surface area contributed by atoms with Crippen LogP contribution in [-0.4, -0.2) is 31.3 Å². The Morgan fingerprint density at radius 1 is 0.967 bits per heavy atom. The fraction of sp³-hybridized carbons (Fsp3) is 0.364. The molecule has 0 aliphatic carbocycles. The first-order valence-electron chi connectivity index (χ1n) is 9.94. The maximum Gasteiger partial charge on any atom is 0.339 e. The summed E-state index contributed by atoms with van der Waals surface area (Å²) in [4.78, 5) is 25.2. The Balaban J connectivity index is 2.21. The zero-order valence-electron chi connectivity index (χ0n) is 17.9. The van der Waals surface area contributed by atoms with Crippen molar-refractivity contribution in [2.24, 2.45) is 0 Å². The molecule has 0 heterocycles. The molecular weight excluding hydrogens is 402 g/mol. The molecule has 162 valence electrons. The van der Waals surface area contributed by atoms with Gasteiger partial charge in [-0.05, 0) is 50.5 Å². The first-order valence-corrected chi connectivity index (χ1v) is 11.4. The maximum absolute atomic E-state index is 13.0. The van der Waals surface area contributed by atoms with E-state index in [0.717, 1.165) is 33.8 Å². The number of urea groups is 2. The number of carbonyl (C=O) groups is 2. The maximum atomic E-state index is 13.0. The lowest BCUT2D eigenvalue weighted by Gasteiger charge is -2.23. The zero-order chi connectivity index (χ0) is 22.3. The van der Waals surface area contributed by atoms with Crippen molar-refractivity contribution >= 4 is 27.8 Å². The Bertz CT molecular complexity index is 981. The van der Waals surface area contributed by atoms with E-state index in [-0.39, 0.29) is 11.4 Å². The largest absolute Gasteiger partial charge is 0.339 e. The van der Waals surface area contributed by atoms with Crippen LogP contribution in [0.3, 0.4) is 0 Å². The topological polar surface area (TPSA) is 95.6 Å². The summed E-state index contributed by atoms with van der Waals surface area (Å²) in [5.74, 6) is 0. The van der Waals surface area contributed by atoms with Gasteiger partial charge in [0.15, 0.2) is 0 Å². The zero-order valence-corrected chi connectivity index (χ0v) is 18.7. The van der Waals surface area contributed by atoms with E-state index in [0.29, 0.717) is 12.1 Å². The highest BCUT2D eigenvalue weighted by Crippen LogP contribution is 2.22. The van der Waals surface area contributed by atoms with Crippen LogP contribution in [0.15, 0.2) is 47.4 Å². The van der Waals surface area contributed by atoms with Crippen LogP contribution < -0.4 is 10.6 Å². The Hall–Kier alpha value is -2.87. The molecule has 2 aromatic rings. The van der Waals surface area contributed by atoms with Gasteiger partial charge in [0.2, 0.25) is 0 Å². The summed E-state index contributed by atoms with van der Waals surface area (Å²) >= 11 is 0. The van der Waals surface area contributed by atoms with Gasteiger partial charge in [-0.3, -0.25) is 5.32 Å². The number of carbonyl (C=O) groups excluding carboxylic acids is 2. The SMILES string of the molecule is CCCCCN(C(=O)NC(=O)Nc1c(C)cc(C)cc1C)S(=O)(=O)c1ccccc1. The third-order valence-electron chi connectivity index (χ3n) is 4.66. The van der Waals surface area contributed by atoms with Gasteiger partial charge in [0, 0.05) is 12.2 Å². The molecule has 0 aromatic heterocycles. The third kappa shape index (κ3) is 5.82. The number of nitrogens with zero attached hydrogens (tertiary/aromatic N) is 1. The van der Waals surface area contributed by atoms with Gasteiger partial charge in [-0.25, -0.2) is 22.3 Å². The van der Waals surface area contributed by atoms with Crippen LogP contribution in [0.1, 0.15) is 42.9 Å². The number of amides is 4. The highest BCUT2D eigenvalue weighted by molar-refractivity contribution is 7.89. The quantitative estimate of drug-likeness (QED) is 0.619. The van der Waals surface area contributed by atoms with Crippen molar-refractivity contribution in [3.05, 3.63) is 59.2 Å². The summed E-state index contributed by atoms with van der Waals surface area (Å²) in [5, 5.41) is 4.82.